The number of hydrogen-bond acceptors (Lipinski definition) is 5. The Hall–Kier alpha value is -2.02. The second kappa shape index (κ2) is 3.99. The molecule has 0 aromatic carbocycles. The van der Waals surface area contributed by atoms with Gasteiger partial charge in [-0.3, -0.25) is 9.69 Å². The van der Waals surface area contributed by atoms with E-state index in [2.05, 4.69) is 4.98 Å². The summed E-state index contributed by atoms with van der Waals surface area (Å²) < 4.78 is 5.39. The molecule has 6 nitrogen and oxygen atoms in total. The topological polar surface area (TPSA) is 83.6 Å². The summed E-state index contributed by atoms with van der Waals surface area (Å²) in [7, 11) is 0. The molecule has 19 heavy (non-hydrogen) atoms. The Labute approximate surface area is 112 Å². The first-order valence-electron chi connectivity index (χ1n) is 5.57. The lowest BCUT2D eigenvalue weighted by Crippen LogP contribution is -2.51. The molecule has 1 aromatic rings. The normalized spacial score (nSPS) is 23.4. The van der Waals surface area contributed by atoms with Gasteiger partial charge in [-0.15, -0.1) is 11.8 Å². The van der Waals surface area contributed by atoms with Crippen molar-refractivity contribution in [1.29, 1.82) is 0 Å². The van der Waals surface area contributed by atoms with E-state index in [4.69, 9.17) is 9.52 Å². The third kappa shape index (κ3) is 1.69. The van der Waals surface area contributed by atoms with Crippen LogP contribution in [0, 0.1) is 13.8 Å². The average Bonchev–Trinajstić information content (AvgIpc) is 2.87. The summed E-state index contributed by atoms with van der Waals surface area (Å²) in [6.07, 6.45) is 1.64. The predicted molar refractivity (Wildman–Crippen MR) is 67.9 cm³/mol. The molecule has 1 amide bonds. The van der Waals surface area contributed by atoms with Crippen LogP contribution in [0.4, 0.5) is 0 Å². The lowest BCUT2D eigenvalue weighted by atomic mass is 10.0. The van der Waals surface area contributed by atoms with E-state index in [0.717, 1.165) is 0 Å². The number of β-lactam (4-membered cyclic amide) rings is 1. The number of carbonyl (C=O) groups excluding carboxylic acids is 1. The third-order valence-corrected chi connectivity index (χ3v) is 4.06. The summed E-state index contributed by atoms with van der Waals surface area (Å²) in [5, 5.41) is 10.2. The zero-order chi connectivity index (χ0) is 13.7. The van der Waals surface area contributed by atoms with E-state index >= 15 is 0 Å². The Morgan fingerprint density at radius 1 is 1.58 bits per heavy atom. The summed E-state index contributed by atoms with van der Waals surface area (Å²) in [6, 6.07) is 0. The van der Waals surface area contributed by atoms with Crippen molar-refractivity contribution < 1.29 is 19.1 Å². The van der Waals surface area contributed by atoms with Gasteiger partial charge in [-0.2, -0.15) is 0 Å². The maximum absolute atomic E-state index is 12.0. The first kappa shape index (κ1) is 12.0. The zero-order valence-corrected chi connectivity index (χ0v) is 11.0. The van der Waals surface area contributed by atoms with Gasteiger partial charge in [0.2, 0.25) is 0 Å². The maximum atomic E-state index is 12.0. The molecule has 3 rings (SSSR count). The molecule has 2 aliphatic rings. The van der Waals surface area contributed by atoms with Crippen LogP contribution in [0.5, 0.6) is 0 Å². The van der Waals surface area contributed by atoms with E-state index < -0.39 is 5.97 Å². The minimum Gasteiger partial charge on any atom is -0.477 e. The molecule has 0 radical (unpaired) electrons. The molecule has 0 saturated carbocycles. The van der Waals surface area contributed by atoms with Crippen LogP contribution in [-0.2, 0) is 9.59 Å². The highest BCUT2D eigenvalue weighted by Gasteiger charge is 2.49. The van der Waals surface area contributed by atoms with E-state index in [1.165, 1.54) is 22.1 Å². The molecular formula is C12H10N2O4S. The molecule has 1 N–H and O–H groups in total. The van der Waals surface area contributed by atoms with Crippen LogP contribution in [0.2, 0.25) is 0 Å². The Morgan fingerprint density at radius 2 is 2.32 bits per heavy atom. The van der Waals surface area contributed by atoms with Gasteiger partial charge in [-0.25, -0.2) is 9.78 Å². The van der Waals surface area contributed by atoms with E-state index in [-0.39, 0.29) is 17.0 Å². The number of thioether (sulfide) groups is 1. The van der Waals surface area contributed by atoms with E-state index in [9.17, 15) is 9.59 Å². The second-order valence-corrected chi connectivity index (χ2v) is 5.21. The third-order valence-electron chi connectivity index (χ3n) is 2.98. The SMILES string of the molecule is Cc1nc(C)c(/C=C2/C(=O)N3C(C(=O)O)=CSC23)o1. The number of rotatable bonds is 2. The summed E-state index contributed by atoms with van der Waals surface area (Å²) in [4.78, 5) is 28.3. The average molecular weight is 278 g/mol. The van der Waals surface area contributed by atoms with Gasteiger partial charge in [0.05, 0.1) is 11.3 Å². The zero-order valence-electron chi connectivity index (χ0n) is 10.2. The first-order chi connectivity index (χ1) is 8.99. The Kier molecular flexibility index (Phi) is 2.53. The van der Waals surface area contributed by atoms with Crippen LogP contribution < -0.4 is 0 Å². The molecule has 1 aromatic heterocycles. The van der Waals surface area contributed by atoms with Gasteiger partial charge in [-0.1, -0.05) is 0 Å². The number of aryl methyl sites for hydroxylation is 2. The van der Waals surface area contributed by atoms with Gasteiger partial charge >= 0.3 is 5.97 Å². The van der Waals surface area contributed by atoms with E-state index in [1.54, 1.807) is 19.9 Å². The molecule has 1 fully saturated rings. The molecule has 0 bridgehead atoms. The van der Waals surface area contributed by atoms with Crippen molar-refractivity contribution in [2.45, 2.75) is 19.2 Å². The van der Waals surface area contributed by atoms with Crippen molar-refractivity contribution in [3.05, 3.63) is 34.0 Å². The first-order valence-corrected chi connectivity index (χ1v) is 6.51. The molecule has 7 heteroatoms. The fourth-order valence-electron chi connectivity index (χ4n) is 2.09. The lowest BCUT2D eigenvalue weighted by Gasteiger charge is -2.36. The number of nitrogens with zero attached hydrogens (tertiary/aromatic N) is 2. The van der Waals surface area contributed by atoms with Crippen molar-refractivity contribution in [2.24, 2.45) is 0 Å². The molecule has 2 aliphatic heterocycles. The Morgan fingerprint density at radius 3 is 2.89 bits per heavy atom. The van der Waals surface area contributed by atoms with Gasteiger partial charge in [-0.05, 0) is 13.0 Å². The van der Waals surface area contributed by atoms with Crippen LogP contribution in [0.25, 0.3) is 6.08 Å². The van der Waals surface area contributed by atoms with Gasteiger partial charge < -0.3 is 9.52 Å². The van der Waals surface area contributed by atoms with Crippen LogP contribution in [0.3, 0.4) is 0 Å². The van der Waals surface area contributed by atoms with Crippen molar-refractivity contribution >= 4 is 29.7 Å². The molecule has 98 valence electrons. The highest BCUT2D eigenvalue weighted by Crippen LogP contribution is 2.45. The number of carboxylic acid groups (broad SMARTS) is 1. The highest BCUT2D eigenvalue weighted by molar-refractivity contribution is 8.03. The quantitative estimate of drug-likeness (QED) is 0.652. The predicted octanol–water partition coefficient (Wildman–Crippen LogP) is 1.52. The lowest BCUT2D eigenvalue weighted by molar-refractivity contribution is -0.141. The molecule has 0 spiro atoms. The fourth-order valence-corrected chi connectivity index (χ4v) is 3.21. The highest BCUT2D eigenvalue weighted by atomic mass is 32.2. The number of oxazole rings is 1. The molecule has 1 unspecified atom stereocenters. The summed E-state index contributed by atoms with van der Waals surface area (Å²) in [5.74, 6) is -0.299. The number of aromatic nitrogens is 1. The van der Waals surface area contributed by atoms with Crippen LogP contribution in [0.15, 0.2) is 21.1 Å². The Bertz CT molecular complexity index is 659. The van der Waals surface area contributed by atoms with E-state index in [1.807, 2.05) is 0 Å². The van der Waals surface area contributed by atoms with Crippen LogP contribution in [0.1, 0.15) is 17.3 Å². The minimum absolute atomic E-state index is 0.0302. The summed E-state index contributed by atoms with van der Waals surface area (Å²) in [6.45, 7) is 3.53. The number of amides is 1. The largest absolute Gasteiger partial charge is 0.477 e. The minimum atomic E-state index is -1.09. The summed E-state index contributed by atoms with van der Waals surface area (Å²) >= 11 is 1.30. The number of aliphatic carboxylic acids is 1. The van der Waals surface area contributed by atoms with E-state index in [0.29, 0.717) is 22.9 Å². The Balaban J connectivity index is 1.89. The monoisotopic (exact) mass is 278 g/mol. The fraction of sp³-hybridized carbons (Fsp3) is 0.250. The molecule has 3 heterocycles. The van der Waals surface area contributed by atoms with Crippen molar-refractivity contribution in [3.8, 4) is 0 Å². The smallest absolute Gasteiger partial charge is 0.353 e. The van der Waals surface area contributed by atoms with Crippen LogP contribution in [-0.4, -0.2) is 32.2 Å². The van der Waals surface area contributed by atoms with Crippen molar-refractivity contribution in [2.75, 3.05) is 0 Å². The number of carbonyl (C=O) groups is 2. The molecule has 1 saturated heterocycles. The van der Waals surface area contributed by atoms with Crippen molar-refractivity contribution in [1.82, 2.24) is 9.88 Å². The molecule has 0 aliphatic carbocycles. The molecule has 1 atom stereocenters. The summed E-state index contributed by atoms with van der Waals surface area (Å²) in [5.41, 5.74) is 1.28. The second-order valence-electron chi connectivity index (χ2n) is 4.25. The van der Waals surface area contributed by atoms with Gasteiger partial charge in [0.25, 0.3) is 5.91 Å². The van der Waals surface area contributed by atoms with Gasteiger partial charge in [0.1, 0.15) is 11.1 Å². The number of hydrogen-bond donors (Lipinski definition) is 1. The standard InChI is InChI=1S/C12H10N2O4S/c1-5-9(18-6(2)13-5)3-7-10(15)14-8(12(16)17)4-19-11(7)14/h3-4,11H,1-2H3,(H,16,17)/b7-3-. The van der Waals surface area contributed by atoms with Crippen molar-refractivity contribution in [3.63, 3.8) is 0 Å². The molecular weight excluding hydrogens is 268 g/mol. The number of fused-ring (bicyclic) bond motifs is 1. The maximum Gasteiger partial charge on any atom is 0.353 e. The number of carboxylic acids is 1. The van der Waals surface area contributed by atoms with Gasteiger partial charge in [0.15, 0.2) is 11.7 Å². The van der Waals surface area contributed by atoms with Gasteiger partial charge in [0, 0.05) is 12.3 Å². The van der Waals surface area contributed by atoms with Crippen LogP contribution >= 0.6 is 11.8 Å².